The molecule has 1 unspecified atom stereocenters. The van der Waals surface area contributed by atoms with Crippen molar-refractivity contribution in [1.29, 1.82) is 0 Å². The zero-order chi connectivity index (χ0) is 14.1. The summed E-state index contributed by atoms with van der Waals surface area (Å²) >= 11 is 0. The first-order valence-corrected chi connectivity index (χ1v) is 6.57. The second-order valence-electron chi connectivity index (χ2n) is 5.04. The van der Waals surface area contributed by atoms with Crippen LogP contribution in [0, 0.1) is 18.6 Å². The Labute approximate surface area is 116 Å². The van der Waals surface area contributed by atoms with Crippen molar-refractivity contribution in [1.82, 2.24) is 0 Å². The van der Waals surface area contributed by atoms with Crippen LogP contribution >= 0.6 is 0 Å². The number of rotatable bonds is 3. The maximum absolute atomic E-state index is 13.4. The number of nitrogens with one attached hydrogen (secondary N) is 1. The van der Waals surface area contributed by atoms with Crippen LogP contribution in [0.25, 0.3) is 0 Å². The normalized spacial score (nSPS) is 16.6. The summed E-state index contributed by atoms with van der Waals surface area (Å²) < 4.78 is 32.3. The largest absolute Gasteiger partial charge is 0.488 e. The smallest absolute Gasteiger partial charge is 0.128 e. The molecule has 1 aliphatic rings. The highest BCUT2D eigenvalue weighted by molar-refractivity contribution is 5.46. The molecule has 0 spiro atoms. The van der Waals surface area contributed by atoms with E-state index in [2.05, 4.69) is 5.32 Å². The van der Waals surface area contributed by atoms with E-state index in [-0.39, 0.29) is 17.7 Å². The van der Waals surface area contributed by atoms with Crippen molar-refractivity contribution in [2.45, 2.75) is 19.4 Å². The van der Waals surface area contributed by atoms with Crippen molar-refractivity contribution in [3.8, 4) is 5.75 Å². The first-order chi connectivity index (χ1) is 9.61. The molecule has 2 aromatic rings. The lowest BCUT2D eigenvalue weighted by Crippen LogP contribution is -2.24. The summed E-state index contributed by atoms with van der Waals surface area (Å²) in [5.74, 6) is 0.252. The molecule has 0 amide bonds. The van der Waals surface area contributed by atoms with Crippen LogP contribution in [0.2, 0.25) is 0 Å². The Balaban J connectivity index is 1.62. The summed E-state index contributed by atoms with van der Waals surface area (Å²) in [6.07, 6.45) is 0.602. The number of aryl methyl sites for hydroxylation is 1. The predicted molar refractivity (Wildman–Crippen MR) is 74.1 cm³/mol. The van der Waals surface area contributed by atoms with Gasteiger partial charge in [-0.2, -0.15) is 0 Å². The van der Waals surface area contributed by atoms with E-state index >= 15 is 0 Å². The minimum atomic E-state index is -0.249. The maximum atomic E-state index is 13.4. The van der Waals surface area contributed by atoms with Crippen LogP contribution in [0.15, 0.2) is 36.4 Å². The van der Waals surface area contributed by atoms with E-state index in [0.29, 0.717) is 18.5 Å². The second kappa shape index (κ2) is 5.12. The highest BCUT2D eigenvalue weighted by atomic mass is 19.1. The van der Waals surface area contributed by atoms with Gasteiger partial charge in [0.1, 0.15) is 23.5 Å². The molecule has 0 saturated heterocycles. The number of ether oxygens (including phenoxy) is 1. The molecule has 0 bridgehead atoms. The van der Waals surface area contributed by atoms with Gasteiger partial charge in [0.25, 0.3) is 0 Å². The first kappa shape index (κ1) is 12.9. The van der Waals surface area contributed by atoms with Crippen molar-refractivity contribution in [3.05, 3.63) is 59.2 Å². The van der Waals surface area contributed by atoms with Gasteiger partial charge in [-0.25, -0.2) is 8.78 Å². The minimum absolute atomic E-state index is 0.0591. The Hall–Kier alpha value is -2.10. The number of benzene rings is 2. The fourth-order valence-electron chi connectivity index (χ4n) is 2.34. The van der Waals surface area contributed by atoms with Crippen molar-refractivity contribution in [2.24, 2.45) is 0 Å². The molecule has 2 aromatic carbocycles. The topological polar surface area (TPSA) is 21.3 Å². The fraction of sp³-hybridized carbons (Fsp3) is 0.250. The average Bonchev–Trinajstić information content (AvgIpc) is 2.82. The second-order valence-corrected chi connectivity index (χ2v) is 5.04. The number of anilines is 1. The molecule has 0 radical (unpaired) electrons. The van der Waals surface area contributed by atoms with Crippen LogP contribution < -0.4 is 10.1 Å². The van der Waals surface area contributed by atoms with Crippen molar-refractivity contribution in [2.75, 3.05) is 11.9 Å². The third-order valence-electron chi connectivity index (χ3n) is 3.47. The van der Waals surface area contributed by atoms with Crippen LogP contribution in [0.3, 0.4) is 0 Å². The molecule has 1 heterocycles. The van der Waals surface area contributed by atoms with Gasteiger partial charge in [-0.15, -0.1) is 0 Å². The van der Waals surface area contributed by atoms with Gasteiger partial charge in [-0.1, -0.05) is 6.07 Å². The van der Waals surface area contributed by atoms with E-state index in [9.17, 15) is 8.78 Å². The standard InChI is InChI=1S/C16H15F2NO/c1-10-2-4-13(8-15(10)18)19-9-14-7-11-6-12(17)3-5-16(11)20-14/h2-6,8,14,19H,7,9H2,1H3. The maximum Gasteiger partial charge on any atom is 0.128 e. The Kier molecular flexibility index (Phi) is 3.30. The molecule has 0 fully saturated rings. The predicted octanol–water partition coefficient (Wildman–Crippen LogP) is 3.69. The molecule has 1 atom stereocenters. The number of halogens is 2. The van der Waals surface area contributed by atoms with E-state index in [1.807, 2.05) is 6.07 Å². The number of fused-ring (bicyclic) bond motifs is 1. The third kappa shape index (κ3) is 2.59. The van der Waals surface area contributed by atoms with E-state index in [1.54, 1.807) is 19.1 Å². The minimum Gasteiger partial charge on any atom is -0.488 e. The monoisotopic (exact) mass is 275 g/mol. The highest BCUT2D eigenvalue weighted by Crippen LogP contribution is 2.29. The molecule has 3 rings (SSSR count). The lowest BCUT2D eigenvalue weighted by Gasteiger charge is -2.13. The van der Waals surface area contributed by atoms with Crippen molar-refractivity contribution >= 4 is 5.69 Å². The van der Waals surface area contributed by atoms with Gasteiger partial charge in [0.05, 0.1) is 6.54 Å². The summed E-state index contributed by atoms with van der Waals surface area (Å²) in [4.78, 5) is 0. The molecule has 20 heavy (non-hydrogen) atoms. The van der Waals surface area contributed by atoms with Gasteiger partial charge in [-0.3, -0.25) is 0 Å². The van der Waals surface area contributed by atoms with Gasteiger partial charge in [0.15, 0.2) is 0 Å². The van der Waals surface area contributed by atoms with Gasteiger partial charge in [0.2, 0.25) is 0 Å². The molecule has 0 aliphatic carbocycles. The molecule has 0 saturated carbocycles. The average molecular weight is 275 g/mol. The summed E-state index contributed by atoms with van der Waals surface area (Å²) in [6, 6.07) is 9.58. The highest BCUT2D eigenvalue weighted by Gasteiger charge is 2.22. The Morgan fingerprint density at radius 1 is 1.20 bits per heavy atom. The molecule has 1 N–H and O–H groups in total. The van der Waals surface area contributed by atoms with E-state index in [0.717, 1.165) is 17.0 Å². The van der Waals surface area contributed by atoms with Crippen LogP contribution in [-0.2, 0) is 6.42 Å². The summed E-state index contributed by atoms with van der Waals surface area (Å²) in [7, 11) is 0. The zero-order valence-electron chi connectivity index (χ0n) is 11.1. The van der Waals surface area contributed by atoms with Gasteiger partial charge in [-0.05, 0) is 42.8 Å². The van der Waals surface area contributed by atoms with Gasteiger partial charge >= 0.3 is 0 Å². The molecule has 4 heteroatoms. The summed E-state index contributed by atoms with van der Waals surface area (Å²) in [6.45, 7) is 2.28. The van der Waals surface area contributed by atoms with Crippen LogP contribution in [0.1, 0.15) is 11.1 Å². The third-order valence-corrected chi connectivity index (χ3v) is 3.47. The summed E-state index contributed by atoms with van der Waals surface area (Å²) in [5, 5.41) is 3.15. The van der Waals surface area contributed by atoms with Crippen LogP contribution in [0.5, 0.6) is 5.75 Å². The van der Waals surface area contributed by atoms with Crippen LogP contribution in [-0.4, -0.2) is 12.6 Å². The SMILES string of the molecule is Cc1ccc(NCC2Cc3cc(F)ccc3O2)cc1F. The van der Waals surface area contributed by atoms with Gasteiger partial charge in [0, 0.05) is 17.7 Å². The Morgan fingerprint density at radius 3 is 2.85 bits per heavy atom. The zero-order valence-corrected chi connectivity index (χ0v) is 11.1. The van der Waals surface area contributed by atoms with Crippen molar-refractivity contribution in [3.63, 3.8) is 0 Å². The van der Waals surface area contributed by atoms with Crippen molar-refractivity contribution < 1.29 is 13.5 Å². The van der Waals surface area contributed by atoms with E-state index in [1.165, 1.54) is 18.2 Å². The fourth-order valence-corrected chi connectivity index (χ4v) is 2.34. The van der Waals surface area contributed by atoms with Crippen LogP contribution in [0.4, 0.5) is 14.5 Å². The number of hydrogen-bond donors (Lipinski definition) is 1. The molecule has 2 nitrogen and oxygen atoms in total. The Bertz CT molecular complexity index is 642. The summed E-state index contributed by atoms with van der Waals surface area (Å²) in [5.41, 5.74) is 2.22. The molecular weight excluding hydrogens is 260 g/mol. The van der Waals surface area contributed by atoms with E-state index < -0.39 is 0 Å². The first-order valence-electron chi connectivity index (χ1n) is 6.57. The molecule has 0 aromatic heterocycles. The molecular formula is C16H15F2NO. The van der Waals surface area contributed by atoms with Gasteiger partial charge < -0.3 is 10.1 Å². The molecule has 1 aliphatic heterocycles. The quantitative estimate of drug-likeness (QED) is 0.922. The Morgan fingerprint density at radius 2 is 2.05 bits per heavy atom. The molecule has 104 valence electrons. The lowest BCUT2D eigenvalue weighted by atomic mass is 10.1. The number of hydrogen-bond acceptors (Lipinski definition) is 2. The lowest BCUT2D eigenvalue weighted by molar-refractivity contribution is 0.246. The van der Waals surface area contributed by atoms with E-state index in [4.69, 9.17) is 4.74 Å².